The van der Waals surface area contributed by atoms with Gasteiger partial charge in [0.05, 0.1) is 0 Å². The summed E-state index contributed by atoms with van der Waals surface area (Å²) in [5.74, 6) is 1.58. The van der Waals surface area contributed by atoms with E-state index in [1.807, 2.05) is 0 Å². The molecule has 1 fully saturated rings. The molecule has 2 aliphatic carbocycles. The molecule has 0 aromatic heterocycles. The molecule has 3 nitrogen and oxygen atoms in total. The molecule has 0 N–H and O–H groups in total. The zero-order chi connectivity index (χ0) is 28.2. The molecule has 1 radical (unpaired) electrons. The third-order valence-electron chi connectivity index (χ3n) is 5.70. The van der Waals surface area contributed by atoms with Crippen LogP contribution < -0.4 is 0 Å². The number of hydrogen-bond donors (Lipinski definition) is 0. The van der Waals surface area contributed by atoms with Crippen molar-refractivity contribution in [3.8, 4) is 11.1 Å². The molecule has 39 heavy (non-hydrogen) atoms. The van der Waals surface area contributed by atoms with Crippen molar-refractivity contribution in [3.05, 3.63) is 65.6 Å². The summed E-state index contributed by atoms with van der Waals surface area (Å²) in [7, 11) is -2.67. The van der Waals surface area contributed by atoms with Crippen LogP contribution in [0.3, 0.4) is 0 Å². The zero-order valence-electron chi connectivity index (χ0n) is 25.4. The molecule has 223 valence electrons. The van der Waals surface area contributed by atoms with Crippen LogP contribution in [0.5, 0.6) is 0 Å². The summed E-state index contributed by atoms with van der Waals surface area (Å²) in [5, 5.41) is 0. The van der Waals surface area contributed by atoms with Crippen molar-refractivity contribution in [2.45, 2.75) is 115 Å². The maximum Gasteiger partial charge on any atom is 0.144 e. The Kier molecular flexibility index (Phi) is 24.3. The minimum absolute atomic E-state index is 0. The maximum absolute atomic E-state index is 9.63. The van der Waals surface area contributed by atoms with Gasteiger partial charge < -0.3 is 10.7 Å². The fourth-order valence-electron chi connectivity index (χ4n) is 4.18. The van der Waals surface area contributed by atoms with Gasteiger partial charge in [-0.25, -0.2) is 8.42 Å². The molecule has 0 amide bonds. The zero-order valence-corrected chi connectivity index (χ0v) is 29.0. The predicted octanol–water partition coefficient (Wildman–Crippen LogP) is 10.1. The number of Topliss-reactive ketones (excluding diaryl/α,β-unsaturated/α-hetero) is 1. The SMILES string of the molecule is C.C.CC(C)=O.CC1(C)CCCCC1.CC1(C)c2ccccc2-c2ccccc21.CS(C)(=O)=O.C[C-](C)C.[Y]. The van der Waals surface area contributed by atoms with Crippen LogP contribution in [0.25, 0.3) is 11.1 Å². The van der Waals surface area contributed by atoms with E-state index in [0.717, 1.165) is 12.5 Å². The monoisotopic (exact) mass is 636 g/mol. The molecule has 0 atom stereocenters. The van der Waals surface area contributed by atoms with Gasteiger partial charge in [0.2, 0.25) is 0 Å². The second kappa shape index (κ2) is 21.0. The first-order valence-corrected chi connectivity index (χ1v) is 15.3. The van der Waals surface area contributed by atoms with E-state index in [2.05, 4.69) is 97.0 Å². The van der Waals surface area contributed by atoms with Crippen LogP contribution in [0.2, 0.25) is 0 Å². The van der Waals surface area contributed by atoms with Crippen molar-refractivity contribution >= 4 is 15.6 Å². The molecular weight excluding hydrogens is 577 g/mol. The number of ketones is 1. The fourth-order valence-corrected chi connectivity index (χ4v) is 4.18. The van der Waals surface area contributed by atoms with E-state index >= 15 is 0 Å². The Morgan fingerprint density at radius 2 is 0.974 bits per heavy atom. The average molecular weight is 637 g/mol. The van der Waals surface area contributed by atoms with Crippen LogP contribution in [0.1, 0.15) is 120 Å². The first kappa shape index (κ1) is 45.2. The summed E-state index contributed by atoms with van der Waals surface area (Å²) in [6, 6.07) is 17.4. The van der Waals surface area contributed by atoms with Gasteiger partial charge in [-0.05, 0) is 54.4 Å². The minimum atomic E-state index is -2.67. The smallest absolute Gasteiger partial charge is 0.144 e. The number of sulfone groups is 1. The molecule has 5 heteroatoms. The van der Waals surface area contributed by atoms with E-state index in [-0.39, 0.29) is 58.8 Å². The third-order valence-corrected chi connectivity index (χ3v) is 5.70. The number of benzene rings is 2. The molecule has 0 unspecified atom stereocenters. The number of rotatable bonds is 0. The van der Waals surface area contributed by atoms with Crippen LogP contribution in [0, 0.1) is 11.3 Å². The molecule has 0 bridgehead atoms. The van der Waals surface area contributed by atoms with E-state index in [1.54, 1.807) is 0 Å². The van der Waals surface area contributed by atoms with E-state index in [0.29, 0.717) is 5.41 Å². The molecule has 2 aromatic carbocycles. The predicted molar refractivity (Wildman–Crippen MR) is 172 cm³/mol. The minimum Gasteiger partial charge on any atom is -0.323 e. The van der Waals surface area contributed by atoms with E-state index in [1.165, 1.54) is 74.1 Å². The van der Waals surface area contributed by atoms with Gasteiger partial charge in [0.1, 0.15) is 15.6 Å². The van der Waals surface area contributed by atoms with Crippen molar-refractivity contribution in [2.24, 2.45) is 5.41 Å². The maximum atomic E-state index is 9.63. The molecule has 4 rings (SSSR count). The van der Waals surface area contributed by atoms with E-state index < -0.39 is 9.84 Å². The summed E-state index contributed by atoms with van der Waals surface area (Å²) >= 11 is 0. The fraction of sp³-hybridized carbons (Fsp3) is 0.588. The van der Waals surface area contributed by atoms with Crippen LogP contribution in [0.4, 0.5) is 0 Å². The van der Waals surface area contributed by atoms with Gasteiger partial charge in [0.25, 0.3) is 0 Å². The van der Waals surface area contributed by atoms with Gasteiger partial charge in [-0.2, -0.15) is 20.8 Å². The molecule has 1 saturated carbocycles. The van der Waals surface area contributed by atoms with E-state index in [4.69, 9.17) is 0 Å². The largest absolute Gasteiger partial charge is 0.323 e. The van der Waals surface area contributed by atoms with Gasteiger partial charge in [-0.15, -0.1) is 0 Å². The Labute approximate surface area is 269 Å². The van der Waals surface area contributed by atoms with Crippen LogP contribution in [0.15, 0.2) is 48.5 Å². The molecule has 0 aliphatic heterocycles. The van der Waals surface area contributed by atoms with Gasteiger partial charge in [0.15, 0.2) is 0 Å². The van der Waals surface area contributed by atoms with Crippen molar-refractivity contribution in [1.82, 2.24) is 0 Å². The number of fused-ring (bicyclic) bond motifs is 3. The summed E-state index contributed by atoms with van der Waals surface area (Å²) in [5.41, 5.74) is 6.54. The molecule has 0 heterocycles. The topological polar surface area (TPSA) is 51.2 Å². The second-order valence-corrected chi connectivity index (χ2v) is 14.3. The van der Waals surface area contributed by atoms with Crippen molar-refractivity contribution in [1.29, 1.82) is 0 Å². The molecule has 0 spiro atoms. The first-order chi connectivity index (χ1) is 16.4. The molecule has 2 aromatic rings. The summed E-state index contributed by atoms with van der Waals surface area (Å²) in [6.45, 7) is 18.7. The van der Waals surface area contributed by atoms with Crippen LogP contribution in [-0.2, 0) is 52.8 Å². The van der Waals surface area contributed by atoms with Gasteiger partial charge in [-0.3, -0.25) is 0 Å². The number of carbonyl (C=O) groups excluding carboxylic acids is 1. The third kappa shape index (κ3) is 20.7. The first-order valence-electron chi connectivity index (χ1n) is 13.0. The van der Waals surface area contributed by atoms with Crippen LogP contribution in [-0.4, -0.2) is 26.7 Å². The van der Waals surface area contributed by atoms with Crippen molar-refractivity contribution in [2.75, 3.05) is 12.5 Å². The summed E-state index contributed by atoms with van der Waals surface area (Å²) < 4.78 is 19.3. The molecule has 0 saturated heterocycles. The molecule has 2 aliphatic rings. The Morgan fingerprint density at radius 3 is 1.21 bits per heavy atom. The van der Waals surface area contributed by atoms with Crippen molar-refractivity contribution < 1.29 is 45.9 Å². The van der Waals surface area contributed by atoms with E-state index in [9.17, 15) is 13.2 Å². The Balaban J connectivity index is -0.000000220. The van der Waals surface area contributed by atoms with Gasteiger partial charge in [-0.1, -0.05) is 110 Å². The van der Waals surface area contributed by atoms with Crippen LogP contribution >= 0.6 is 0 Å². The number of hydrogen-bond acceptors (Lipinski definition) is 3. The Bertz CT molecular complexity index is 968. The Hall–Kier alpha value is -0.836. The normalized spacial score (nSPS) is 14.9. The van der Waals surface area contributed by atoms with Gasteiger partial charge in [0, 0.05) is 50.6 Å². The second-order valence-electron chi connectivity index (χ2n) is 12.0. The summed E-state index contributed by atoms with van der Waals surface area (Å²) in [6.07, 6.45) is 9.63. The van der Waals surface area contributed by atoms with Crippen molar-refractivity contribution in [3.63, 3.8) is 0 Å². The quantitative estimate of drug-likeness (QED) is 0.271. The average Bonchev–Trinajstić information content (AvgIpc) is 2.94. The molecular formula is C34H59O3SY-. The number of carbonyl (C=O) groups is 1. The Morgan fingerprint density at radius 1 is 0.718 bits per heavy atom. The van der Waals surface area contributed by atoms with Gasteiger partial charge >= 0.3 is 0 Å². The standard InChI is InChI=1S/C15H14.C8H16.C4H9.C3H6O.C2H6O2S.2CH4.Y/c1-15(2)13-9-5-3-7-11(13)12-8-4-6-10-14(12)15;1-8(2)6-4-3-5-7-8;1-4(2)3;1-3(2)4;1-5(2,3)4;;;/h3-10H,1-2H3;3-7H2,1-2H3;1-3H3;1-2H3;1-2H3;2*1H4;/q;;-1;;;;;. The summed E-state index contributed by atoms with van der Waals surface area (Å²) in [4.78, 5) is 9.44.